The van der Waals surface area contributed by atoms with Crippen molar-refractivity contribution in [2.45, 2.75) is 25.7 Å². The van der Waals surface area contributed by atoms with E-state index in [9.17, 15) is 9.59 Å². The number of hydrogen-bond donors (Lipinski definition) is 0. The van der Waals surface area contributed by atoms with Crippen molar-refractivity contribution in [1.82, 2.24) is 0 Å². The van der Waals surface area contributed by atoms with Gasteiger partial charge in [0.05, 0.1) is 0 Å². The predicted molar refractivity (Wildman–Crippen MR) is 112 cm³/mol. The lowest BCUT2D eigenvalue weighted by atomic mass is 10.0. The van der Waals surface area contributed by atoms with Crippen molar-refractivity contribution < 1.29 is 9.59 Å². The molecule has 0 spiro atoms. The standard InChI is InChI=1S/C26H20O2/c27-15-21-13-19-7-8-20-14-22(16-28)26-12-6-18(4-10-24(20)26)2-1-17-3-9-23(19)25(21)11-5-17/h3-6,9-16H,1-2,7-8H2. The van der Waals surface area contributed by atoms with Crippen molar-refractivity contribution in [2.24, 2.45) is 0 Å². The number of aryl methyl sites for hydroxylation is 4. The summed E-state index contributed by atoms with van der Waals surface area (Å²) in [6.07, 6.45) is 5.46. The van der Waals surface area contributed by atoms with Crippen LogP contribution in [-0.2, 0) is 25.7 Å². The van der Waals surface area contributed by atoms with E-state index >= 15 is 0 Å². The first kappa shape index (κ1) is 16.9. The fourth-order valence-corrected chi connectivity index (χ4v) is 4.48. The summed E-state index contributed by atoms with van der Waals surface area (Å²) in [7, 11) is 0. The molecule has 0 heterocycles. The van der Waals surface area contributed by atoms with Crippen molar-refractivity contribution >= 4 is 12.6 Å². The fourth-order valence-electron chi connectivity index (χ4n) is 4.48. The Morgan fingerprint density at radius 3 is 1.29 bits per heavy atom. The molecule has 5 rings (SSSR count). The van der Waals surface area contributed by atoms with E-state index in [1.165, 1.54) is 22.3 Å². The number of carbonyl (C=O) groups excluding carboxylic acids is 2. The summed E-state index contributed by atoms with van der Waals surface area (Å²) in [6.45, 7) is 0. The molecule has 2 heteroatoms. The quantitative estimate of drug-likeness (QED) is 0.446. The van der Waals surface area contributed by atoms with Crippen LogP contribution < -0.4 is 0 Å². The Kier molecular flexibility index (Phi) is 4.05. The zero-order valence-electron chi connectivity index (χ0n) is 15.6. The molecule has 5 aliphatic rings. The molecule has 0 unspecified atom stereocenters. The van der Waals surface area contributed by atoms with Gasteiger partial charge in [-0.05, 0) is 82.3 Å². The molecule has 0 N–H and O–H groups in total. The van der Waals surface area contributed by atoms with Crippen LogP contribution in [0.5, 0.6) is 0 Å². The Labute approximate surface area is 164 Å². The molecule has 0 radical (unpaired) electrons. The Morgan fingerprint density at radius 2 is 0.893 bits per heavy atom. The number of fused-ring (bicyclic) bond motifs is 4. The first-order chi connectivity index (χ1) is 13.8. The van der Waals surface area contributed by atoms with Crippen LogP contribution in [0, 0.1) is 0 Å². The van der Waals surface area contributed by atoms with E-state index in [0.29, 0.717) is 0 Å². The van der Waals surface area contributed by atoms with Gasteiger partial charge in [-0.25, -0.2) is 0 Å². The van der Waals surface area contributed by atoms with Gasteiger partial charge in [-0.1, -0.05) is 48.5 Å². The Balaban J connectivity index is 1.71. The molecule has 5 aliphatic carbocycles. The highest BCUT2D eigenvalue weighted by Crippen LogP contribution is 2.36. The highest BCUT2D eigenvalue weighted by molar-refractivity contribution is 5.93. The zero-order valence-corrected chi connectivity index (χ0v) is 15.6. The summed E-state index contributed by atoms with van der Waals surface area (Å²) in [5, 5.41) is 0. The smallest absolute Gasteiger partial charge is 0.150 e. The Hall–Kier alpha value is -3.26. The summed E-state index contributed by atoms with van der Waals surface area (Å²) in [6, 6.07) is 21.2. The van der Waals surface area contributed by atoms with Crippen LogP contribution in [0.1, 0.15) is 43.0 Å². The van der Waals surface area contributed by atoms with Gasteiger partial charge in [-0.3, -0.25) is 9.59 Å². The maximum absolute atomic E-state index is 11.6. The summed E-state index contributed by atoms with van der Waals surface area (Å²) in [5.41, 5.74) is 10.8. The van der Waals surface area contributed by atoms with Gasteiger partial charge in [0.25, 0.3) is 0 Å². The molecule has 4 bridgehead atoms. The molecule has 0 fully saturated rings. The third-order valence-electron chi connectivity index (χ3n) is 6.03. The van der Waals surface area contributed by atoms with E-state index in [1.807, 2.05) is 12.1 Å². The van der Waals surface area contributed by atoms with Crippen LogP contribution in [0.2, 0.25) is 0 Å². The first-order valence-electron chi connectivity index (χ1n) is 9.76. The van der Waals surface area contributed by atoms with Gasteiger partial charge in [0.1, 0.15) is 0 Å². The lowest BCUT2D eigenvalue weighted by Crippen LogP contribution is -1.91. The summed E-state index contributed by atoms with van der Waals surface area (Å²) in [5.74, 6) is 0. The van der Waals surface area contributed by atoms with E-state index < -0.39 is 0 Å². The maximum Gasteiger partial charge on any atom is 0.150 e. The highest BCUT2D eigenvalue weighted by atomic mass is 16.1. The lowest BCUT2D eigenvalue weighted by molar-refractivity contribution is 0.111. The minimum atomic E-state index is 0.759. The van der Waals surface area contributed by atoms with Crippen LogP contribution in [-0.4, -0.2) is 12.6 Å². The lowest BCUT2D eigenvalue weighted by Gasteiger charge is -2.04. The number of rotatable bonds is 2. The molecule has 0 aromatic carbocycles. The molecule has 0 aliphatic heterocycles. The van der Waals surface area contributed by atoms with Crippen LogP contribution in [0.4, 0.5) is 0 Å². The van der Waals surface area contributed by atoms with E-state index in [0.717, 1.165) is 71.6 Å². The van der Waals surface area contributed by atoms with Crippen LogP contribution in [0.3, 0.4) is 0 Å². The SMILES string of the molecule is O=Cc1cc2c3ccc(ccc1-3)CCc1ccc3c(C=O)cc(c-3cc1)CC2. The topological polar surface area (TPSA) is 34.1 Å². The molecule has 136 valence electrons. The second-order valence-corrected chi connectivity index (χ2v) is 7.62. The number of aldehydes is 2. The van der Waals surface area contributed by atoms with Crippen molar-refractivity contribution in [3.8, 4) is 22.3 Å². The molecule has 2 nitrogen and oxygen atoms in total. The van der Waals surface area contributed by atoms with Gasteiger partial charge in [0.15, 0.2) is 12.6 Å². The average Bonchev–Trinajstić information content (AvgIpc) is 3.02. The number of hydrogen-bond acceptors (Lipinski definition) is 2. The number of carbonyl (C=O) groups is 2. The molecule has 0 atom stereocenters. The first-order valence-corrected chi connectivity index (χ1v) is 9.76. The molecule has 0 saturated carbocycles. The third kappa shape index (κ3) is 2.73. The summed E-state index contributed by atoms with van der Waals surface area (Å²) >= 11 is 0. The van der Waals surface area contributed by atoms with Crippen LogP contribution in [0.15, 0.2) is 60.7 Å². The van der Waals surface area contributed by atoms with E-state index in [2.05, 4.69) is 48.5 Å². The van der Waals surface area contributed by atoms with E-state index in [1.54, 1.807) is 0 Å². The van der Waals surface area contributed by atoms with Gasteiger partial charge < -0.3 is 0 Å². The van der Waals surface area contributed by atoms with Gasteiger partial charge >= 0.3 is 0 Å². The van der Waals surface area contributed by atoms with E-state index in [-0.39, 0.29) is 0 Å². The summed E-state index contributed by atoms with van der Waals surface area (Å²) < 4.78 is 0. The Morgan fingerprint density at radius 1 is 0.500 bits per heavy atom. The Bertz CT molecular complexity index is 1060. The van der Waals surface area contributed by atoms with Crippen molar-refractivity contribution in [1.29, 1.82) is 0 Å². The maximum atomic E-state index is 11.6. The molecular weight excluding hydrogens is 344 g/mol. The summed E-state index contributed by atoms with van der Waals surface area (Å²) in [4.78, 5) is 23.2. The molecule has 0 amide bonds. The molecule has 0 aromatic rings. The van der Waals surface area contributed by atoms with Crippen molar-refractivity contribution in [3.05, 3.63) is 94.0 Å². The predicted octanol–water partition coefficient (Wildman–Crippen LogP) is 5.41. The third-order valence-corrected chi connectivity index (χ3v) is 6.03. The normalized spacial score (nSPS) is 13.4. The molecule has 0 aromatic heterocycles. The minimum absolute atomic E-state index is 0.759. The molecule has 28 heavy (non-hydrogen) atoms. The molecule has 0 saturated heterocycles. The van der Waals surface area contributed by atoms with Crippen molar-refractivity contribution in [2.75, 3.05) is 0 Å². The average molecular weight is 364 g/mol. The largest absolute Gasteiger partial charge is 0.298 e. The van der Waals surface area contributed by atoms with Crippen LogP contribution in [0.25, 0.3) is 22.3 Å². The highest BCUT2D eigenvalue weighted by Gasteiger charge is 2.18. The molecular formula is C26H20O2. The van der Waals surface area contributed by atoms with Gasteiger partial charge in [0.2, 0.25) is 0 Å². The van der Waals surface area contributed by atoms with Crippen molar-refractivity contribution in [3.63, 3.8) is 0 Å². The zero-order chi connectivity index (χ0) is 19.1. The van der Waals surface area contributed by atoms with E-state index in [4.69, 9.17) is 0 Å². The van der Waals surface area contributed by atoms with Gasteiger partial charge in [-0.15, -0.1) is 0 Å². The second-order valence-electron chi connectivity index (χ2n) is 7.62. The monoisotopic (exact) mass is 364 g/mol. The minimum Gasteiger partial charge on any atom is -0.298 e. The van der Waals surface area contributed by atoms with Gasteiger partial charge in [0, 0.05) is 11.1 Å². The second kappa shape index (κ2) is 6.72. The fraction of sp³-hybridized carbons (Fsp3) is 0.154. The van der Waals surface area contributed by atoms with Crippen LogP contribution >= 0.6 is 0 Å². The van der Waals surface area contributed by atoms with Gasteiger partial charge in [-0.2, -0.15) is 0 Å².